The maximum absolute atomic E-state index is 11.3. The van der Waals surface area contributed by atoms with Gasteiger partial charge in [-0.3, -0.25) is 20.2 Å². The first kappa shape index (κ1) is 15.2. The second kappa shape index (κ2) is 6.51. The van der Waals surface area contributed by atoms with Crippen LogP contribution < -0.4 is 4.90 Å². The number of nitrogens with zero attached hydrogens (tertiary/aromatic N) is 3. The van der Waals surface area contributed by atoms with Crippen LogP contribution in [0.15, 0.2) is 18.2 Å². The van der Waals surface area contributed by atoms with Gasteiger partial charge in [-0.15, -0.1) is 0 Å². The van der Waals surface area contributed by atoms with Crippen molar-refractivity contribution in [2.45, 2.75) is 45.1 Å². The Morgan fingerprint density at radius 1 is 1.14 bits per heavy atom. The minimum Gasteiger partial charge on any atom is -0.363 e. The van der Waals surface area contributed by atoms with E-state index in [1.807, 2.05) is 11.8 Å². The third-order valence-electron chi connectivity index (χ3n) is 4.03. The number of benzene rings is 1. The molecule has 7 heteroatoms. The predicted octanol–water partition coefficient (Wildman–Crippen LogP) is 3.66. The molecule has 1 aliphatic rings. The Morgan fingerprint density at radius 3 is 2.33 bits per heavy atom. The molecule has 0 aliphatic heterocycles. The highest BCUT2D eigenvalue weighted by atomic mass is 16.6. The van der Waals surface area contributed by atoms with Crippen molar-refractivity contribution in [3.8, 4) is 0 Å². The van der Waals surface area contributed by atoms with E-state index in [0.29, 0.717) is 12.2 Å². The molecule has 0 heterocycles. The Labute approximate surface area is 122 Å². The fourth-order valence-electron chi connectivity index (χ4n) is 3.03. The van der Waals surface area contributed by atoms with Gasteiger partial charge in [0.05, 0.1) is 15.9 Å². The van der Waals surface area contributed by atoms with Gasteiger partial charge in [0.2, 0.25) is 0 Å². The molecule has 1 aromatic rings. The lowest BCUT2D eigenvalue weighted by molar-refractivity contribution is -0.393. The monoisotopic (exact) mass is 293 g/mol. The third kappa shape index (κ3) is 3.29. The van der Waals surface area contributed by atoms with Gasteiger partial charge in [0.1, 0.15) is 5.69 Å². The van der Waals surface area contributed by atoms with Gasteiger partial charge in [0, 0.05) is 18.7 Å². The molecule has 1 saturated carbocycles. The summed E-state index contributed by atoms with van der Waals surface area (Å²) in [5.41, 5.74) is 0.0572. The first-order chi connectivity index (χ1) is 10.0. The van der Waals surface area contributed by atoms with Gasteiger partial charge in [-0.2, -0.15) is 0 Å². The number of hydrogen-bond acceptors (Lipinski definition) is 5. The van der Waals surface area contributed by atoms with Crippen LogP contribution in [0.3, 0.4) is 0 Å². The maximum Gasteiger partial charge on any atom is 0.299 e. The molecular weight excluding hydrogens is 274 g/mol. The van der Waals surface area contributed by atoms with Crippen LogP contribution >= 0.6 is 0 Å². The predicted molar refractivity (Wildman–Crippen MR) is 79.6 cm³/mol. The van der Waals surface area contributed by atoms with E-state index in [1.54, 1.807) is 0 Å². The van der Waals surface area contributed by atoms with Gasteiger partial charge in [0.15, 0.2) is 0 Å². The second-order valence-electron chi connectivity index (χ2n) is 5.27. The Morgan fingerprint density at radius 2 is 1.81 bits per heavy atom. The zero-order valence-electron chi connectivity index (χ0n) is 12.0. The first-order valence-electron chi connectivity index (χ1n) is 7.24. The van der Waals surface area contributed by atoms with Crippen LogP contribution in [0.2, 0.25) is 0 Å². The molecule has 0 saturated heterocycles. The molecule has 7 nitrogen and oxygen atoms in total. The summed E-state index contributed by atoms with van der Waals surface area (Å²) in [7, 11) is 0. The van der Waals surface area contributed by atoms with Crippen molar-refractivity contribution in [2.75, 3.05) is 11.4 Å². The Balaban J connectivity index is 2.39. The van der Waals surface area contributed by atoms with Crippen molar-refractivity contribution in [1.29, 1.82) is 0 Å². The molecule has 0 atom stereocenters. The lowest BCUT2D eigenvalue weighted by Crippen LogP contribution is -2.37. The second-order valence-corrected chi connectivity index (χ2v) is 5.27. The molecule has 114 valence electrons. The normalized spacial score (nSPS) is 15.7. The molecule has 0 N–H and O–H groups in total. The fraction of sp³-hybridized carbons (Fsp3) is 0.571. The van der Waals surface area contributed by atoms with Gasteiger partial charge in [-0.05, 0) is 25.8 Å². The van der Waals surface area contributed by atoms with E-state index >= 15 is 0 Å². The fourth-order valence-corrected chi connectivity index (χ4v) is 3.03. The molecule has 0 aromatic heterocycles. The maximum atomic E-state index is 11.3. The molecule has 0 bridgehead atoms. The van der Waals surface area contributed by atoms with Crippen LogP contribution in [0.5, 0.6) is 0 Å². The van der Waals surface area contributed by atoms with E-state index in [9.17, 15) is 20.2 Å². The Kier molecular flexibility index (Phi) is 4.72. The van der Waals surface area contributed by atoms with Crippen molar-refractivity contribution >= 4 is 17.1 Å². The standard InChI is InChI=1S/C14H19N3O4/c1-2-15(11-6-4-3-5-7-11)13-9-8-12(16(18)19)10-14(13)17(20)21/h8-11H,2-7H2,1H3. The van der Waals surface area contributed by atoms with Gasteiger partial charge < -0.3 is 4.90 Å². The van der Waals surface area contributed by atoms with Gasteiger partial charge in [-0.25, -0.2) is 0 Å². The summed E-state index contributed by atoms with van der Waals surface area (Å²) in [6.07, 6.45) is 5.49. The minimum absolute atomic E-state index is 0.184. The Bertz CT molecular complexity index is 541. The SMILES string of the molecule is CCN(c1ccc([N+](=O)[O-])cc1[N+](=O)[O-])C1CCCCC1. The van der Waals surface area contributed by atoms with E-state index in [-0.39, 0.29) is 17.4 Å². The zero-order chi connectivity index (χ0) is 15.4. The molecule has 1 aliphatic carbocycles. The van der Waals surface area contributed by atoms with Crippen LogP contribution in [0.1, 0.15) is 39.0 Å². The molecule has 0 radical (unpaired) electrons. The molecule has 0 spiro atoms. The van der Waals surface area contributed by atoms with Crippen molar-refractivity contribution in [1.82, 2.24) is 0 Å². The van der Waals surface area contributed by atoms with Crippen LogP contribution in [0, 0.1) is 20.2 Å². The number of non-ortho nitro benzene ring substituents is 1. The topological polar surface area (TPSA) is 89.5 Å². The largest absolute Gasteiger partial charge is 0.363 e. The Hall–Kier alpha value is -2.18. The highest BCUT2D eigenvalue weighted by molar-refractivity contribution is 5.67. The molecule has 21 heavy (non-hydrogen) atoms. The molecule has 0 amide bonds. The van der Waals surface area contributed by atoms with Crippen LogP contribution in [-0.4, -0.2) is 22.4 Å². The van der Waals surface area contributed by atoms with Crippen LogP contribution in [0.4, 0.5) is 17.1 Å². The number of nitro benzene ring substituents is 2. The summed E-state index contributed by atoms with van der Waals surface area (Å²) in [6, 6.07) is 4.19. The average molecular weight is 293 g/mol. The lowest BCUT2D eigenvalue weighted by Gasteiger charge is -2.34. The molecule has 2 rings (SSSR count). The third-order valence-corrected chi connectivity index (χ3v) is 4.03. The summed E-state index contributed by atoms with van der Waals surface area (Å²) >= 11 is 0. The van der Waals surface area contributed by atoms with Crippen LogP contribution in [0.25, 0.3) is 0 Å². The van der Waals surface area contributed by atoms with Gasteiger partial charge in [-0.1, -0.05) is 19.3 Å². The van der Waals surface area contributed by atoms with Crippen molar-refractivity contribution in [3.05, 3.63) is 38.4 Å². The molecule has 0 unspecified atom stereocenters. The summed E-state index contributed by atoms with van der Waals surface area (Å²) in [4.78, 5) is 22.9. The summed E-state index contributed by atoms with van der Waals surface area (Å²) in [5, 5.41) is 22.1. The minimum atomic E-state index is -0.603. The number of hydrogen-bond donors (Lipinski definition) is 0. The van der Waals surface area contributed by atoms with E-state index in [2.05, 4.69) is 0 Å². The number of rotatable bonds is 5. The first-order valence-corrected chi connectivity index (χ1v) is 7.24. The quantitative estimate of drug-likeness (QED) is 0.610. The van der Waals surface area contributed by atoms with Crippen LogP contribution in [-0.2, 0) is 0 Å². The molecule has 1 fully saturated rings. The number of nitro groups is 2. The van der Waals surface area contributed by atoms with Crippen molar-refractivity contribution in [2.24, 2.45) is 0 Å². The van der Waals surface area contributed by atoms with Crippen molar-refractivity contribution < 1.29 is 9.85 Å². The highest BCUT2D eigenvalue weighted by Gasteiger charge is 2.27. The van der Waals surface area contributed by atoms with Crippen molar-refractivity contribution in [3.63, 3.8) is 0 Å². The number of anilines is 1. The molecular formula is C14H19N3O4. The van der Waals surface area contributed by atoms with E-state index in [0.717, 1.165) is 31.7 Å². The summed E-state index contributed by atoms with van der Waals surface area (Å²) in [6.45, 7) is 2.61. The highest BCUT2D eigenvalue weighted by Crippen LogP contribution is 2.35. The average Bonchev–Trinajstić information content (AvgIpc) is 2.49. The van der Waals surface area contributed by atoms with Gasteiger partial charge >= 0.3 is 0 Å². The smallest absolute Gasteiger partial charge is 0.299 e. The van der Waals surface area contributed by atoms with E-state index in [4.69, 9.17) is 0 Å². The van der Waals surface area contributed by atoms with E-state index in [1.165, 1.54) is 18.6 Å². The van der Waals surface area contributed by atoms with E-state index < -0.39 is 9.85 Å². The lowest BCUT2D eigenvalue weighted by atomic mass is 9.93. The summed E-state index contributed by atoms with van der Waals surface area (Å²) < 4.78 is 0. The summed E-state index contributed by atoms with van der Waals surface area (Å²) in [5.74, 6) is 0. The zero-order valence-corrected chi connectivity index (χ0v) is 12.0. The molecule has 1 aromatic carbocycles. The van der Waals surface area contributed by atoms with Gasteiger partial charge in [0.25, 0.3) is 11.4 Å².